The summed E-state index contributed by atoms with van der Waals surface area (Å²) in [7, 11) is 4.10. The molecule has 0 spiro atoms. The SMILES string of the molecule is CN(C)CCCN1CNC(c2ccccc2)C1=O. The Labute approximate surface area is 109 Å². The fourth-order valence-electron chi connectivity index (χ4n) is 2.22. The van der Waals surface area contributed by atoms with Crippen LogP contribution in [0, 0.1) is 0 Å². The van der Waals surface area contributed by atoms with Gasteiger partial charge < -0.3 is 9.80 Å². The highest BCUT2D eigenvalue weighted by Gasteiger charge is 2.31. The average Bonchev–Trinajstić information content (AvgIpc) is 2.72. The molecule has 2 rings (SSSR count). The number of nitrogens with zero attached hydrogens (tertiary/aromatic N) is 2. The highest BCUT2D eigenvalue weighted by atomic mass is 16.2. The van der Waals surface area contributed by atoms with Gasteiger partial charge in [0.25, 0.3) is 0 Å². The fourth-order valence-corrected chi connectivity index (χ4v) is 2.22. The molecule has 1 fully saturated rings. The van der Waals surface area contributed by atoms with Gasteiger partial charge in [-0.3, -0.25) is 10.1 Å². The summed E-state index contributed by atoms with van der Waals surface area (Å²) in [4.78, 5) is 16.3. The summed E-state index contributed by atoms with van der Waals surface area (Å²) in [6.07, 6.45) is 1.02. The van der Waals surface area contributed by atoms with Gasteiger partial charge in [-0.1, -0.05) is 30.3 Å². The molecule has 1 atom stereocenters. The zero-order chi connectivity index (χ0) is 13.0. The number of hydrogen-bond acceptors (Lipinski definition) is 3. The maximum atomic E-state index is 12.2. The molecule has 0 aromatic heterocycles. The zero-order valence-corrected chi connectivity index (χ0v) is 11.1. The van der Waals surface area contributed by atoms with Crippen molar-refractivity contribution in [1.29, 1.82) is 0 Å². The van der Waals surface area contributed by atoms with Crippen molar-refractivity contribution in [2.24, 2.45) is 0 Å². The van der Waals surface area contributed by atoms with Crippen LogP contribution in [0.15, 0.2) is 30.3 Å². The van der Waals surface area contributed by atoms with Crippen LogP contribution in [0.25, 0.3) is 0 Å². The van der Waals surface area contributed by atoms with E-state index in [1.807, 2.05) is 35.2 Å². The van der Waals surface area contributed by atoms with E-state index in [0.29, 0.717) is 6.67 Å². The minimum Gasteiger partial charge on any atom is -0.328 e. The van der Waals surface area contributed by atoms with Crippen LogP contribution < -0.4 is 5.32 Å². The Balaban J connectivity index is 1.89. The summed E-state index contributed by atoms with van der Waals surface area (Å²) in [5, 5.41) is 3.27. The minimum absolute atomic E-state index is 0.162. The highest BCUT2D eigenvalue weighted by Crippen LogP contribution is 2.20. The van der Waals surface area contributed by atoms with E-state index in [9.17, 15) is 4.79 Å². The molecule has 0 saturated carbocycles. The van der Waals surface area contributed by atoms with Crippen molar-refractivity contribution in [3.8, 4) is 0 Å². The van der Waals surface area contributed by atoms with E-state index in [1.54, 1.807) is 0 Å². The van der Waals surface area contributed by atoms with Gasteiger partial charge in [0.1, 0.15) is 6.04 Å². The molecule has 1 aromatic rings. The summed E-state index contributed by atoms with van der Waals surface area (Å²) < 4.78 is 0. The first-order valence-electron chi connectivity index (χ1n) is 6.40. The second-order valence-corrected chi connectivity index (χ2v) is 4.96. The minimum atomic E-state index is -0.162. The molecule has 1 aromatic carbocycles. The van der Waals surface area contributed by atoms with E-state index in [4.69, 9.17) is 0 Å². The van der Waals surface area contributed by atoms with Crippen LogP contribution in [-0.2, 0) is 4.79 Å². The van der Waals surface area contributed by atoms with Crippen LogP contribution in [0.1, 0.15) is 18.0 Å². The predicted octanol–water partition coefficient (Wildman–Crippen LogP) is 1.07. The van der Waals surface area contributed by atoms with Crippen molar-refractivity contribution < 1.29 is 4.79 Å². The fraction of sp³-hybridized carbons (Fsp3) is 0.500. The van der Waals surface area contributed by atoms with Crippen LogP contribution in [-0.4, -0.2) is 49.6 Å². The van der Waals surface area contributed by atoms with Crippen molar-refractivity contribution in [3.63, 3.8) is 0 Å². The molecule has 18 heavy (non-hydrogen) atoms. The van der Waals surface area contributed by atoms with Gasteiger partial charge in [-0.25, -0.2) is 0 Å². The van der Waals surface area contributed by atoms with Crippen molar-refractivity contribution in [1.82, 2.24) is 15.1 Å². The summed E-state index contributed by atoms with van der Waals surface area (Å²) >= 11 is 0. The maximum Gasteiger partial charge on any atom is 0.245 e. The first kappa shape index (κ1) is 13.1. The predicted molar refractivity (Wildman–Crippen MR) is 72.1 cm³/mol. The summed E-state index contributed by atoms with van der Waals surface area (Å²) in [5.41, 5.74) is 1.05. The lowest BCUT2D eigenvalue weighted by Gasteiger charge is -2.17. The van der Waals surface area contributed by atoms with E-state index in [2.05, 4.69) is 24.3 Å². The smallest absolute Gasteiger partial charge is 0.245 e. The third kappa shape index (κ3) is 3.09. The van der Waals surface area contributed by atoms with Gasteiger partial charge in [0.05, 0.1) is 6.67 Å². The van der Waals surface area contributed by atoms with Gasteiger partial charge in [0.15, 0.2) is 0 Å². The van der Waals surface area contributed by atoms with Gasteiger partial charge in [0.2, 0.25) is 5.91 Å². The van der Waals surface area contributed by atoms with E-state index >= 15 is 0 Å². The molecule has 0 bridgehead atoms. The number of hydrogen-bond donors (Lipinski definition) is 1. The number of amides is 1. The van der Waals surface area contributed by atoms with E-state index in [1.165, 1.54) is 0 Å². The lowest BCUT2D eigenvalue weighted by molar-refractivity contribution is -0.129. The molecule has 1 aliphatic rings. The number of benzene rings is 1. The van der Waals surface area contributed by atoms with Crippen molar-refractivity contribution in [2.75, 3.05) is 33.9 Å². The lowest BCUT2D eigenvalue weighted by atomic mass is 10.1. The standard InChI is InChI=1S/C14H21N3O/c1-16(2)9-6-10-17-11-15-13(14(17)18)12-7-4-3-5-8-12/h3-5,7-8,13,15H,6,9-11H2,1-2H3. The normalized spacial score (nSPS) is 19.8. The Morgan fingerprint density at radius 1 is 1.33 bits per heavy atom. The van der Waals surface area contributed by atoms with Gasteiger partial charge in [-0.15, -0.1) is 0 Å². The molecule has 1 unspecified atom stereocenters. The Bertz CT molecular complexity index is 391. The highest BCUT2D eigenvalue weighted by molar-refractivity contribution is 5.85. The van der Waals surface area contributed by atoms with E-state index in [0.717, 1.165) is 25.1 Å². The van der Waals surface area contributed by atoms with Crippen molar-refractivity contribution in [2.45, 2.75) is 12.5 Å². The second-order valence-electron chi connectivity index (χ2n) is 4.96. The molecular formula is C14H21N3O. The molecule has 0 radical (unpaired) electrons. The average molecular weight is 247 g/mol. The number of rotatable bonds is 5. The largest absolute Gasteiger partial charge is 0.328 e. The monoisotopic (exact) mass is 247 g/mol. The summed E-state index contributed by atoms with van der Waals surface area (Å²) in [6, 6.07) is 9.75. The lowest BCUT2D eigenvalue weighted by Crippen LogP contribution is -2.30. The van der Waals surface area contributed by atoms with Crippen molar-refractivity contribution in [3.05, 3.63) is 35.9 Å². The van der Waals surface area contributed by atoms with E-state index < -0.39 is 0 Å². The molecule has 1 amide bonds. The van der Waals surface area contributed by atoms with Gasteiger partial charge >= 0.3 is 0 Å². The molecule has 4 nitrogen and oxygen atoms in total. The van der Waals surface area contributed by atoms with Gasteiger partial charge in [-0.2, -0.15) is 0 Å². The Morgan fingerprint density at radius 2 is 2.06 bits per heavy atom. The Kier molecular flexibility index (Phi) is 4.33. The van der Waals surface area contributed by atoms with Crippen molar-refractivity contribution >= 4 is 5.91 Å². The van der Waals surface area contributed by atoms with Crippen LogP contribution in [0.3, 0.4) is 0 Å². The third-order valence-electron chi connectivity index (χ3n) is 3.21. The topological polar surface area (TPSA) is 35.6 Å². The third-order valence-corrected chi connectivity index (χ3v) is 3.21. The molecule has 1 saturated heterocycles. The first-order valence-corrected chi connectivity index (χ1v) is 6.40. The molecule has 1 aliphatic heterocycles. The number of carbonyl (C=O) groups excluding carboxylic acids is 1. The van der Waals surface area contributed by atoms with Gasteiger partial charge in [0, 0.05) is 6.54 Å². The molecule has 4 heteroatoms. The Morgan fingerprint density at radius 3 is 2.72 bits per heavy atom. The second kappa shape index (κ2) is 5.98. The molecular weight excluding hydrogens is 226 g/mol. The Hall–Kier alpha value is -1.39. The summed E-state index contributed by atoms with van der Waals surface area (Å²) in [6.45, 7) is 2.50. The van der Waals surface area contributed by atoms with Crippen LogP contribution >= 0.6 is 0 Å². The zero-order valence-electron chi connectivity index (χ0n) is 11.1. The summed E-state index contributed by atoms with van der Waals surface area (Å²) in [5.74, 6) is 0.194. The molecule has 1 heterocycles. The van der Waals surface area contributed by atoms with E-state index in [-0.39, 0.29) is 11.9 Å². The van der Waals surface area contributed by atoms with Crippen LogP contribution in [0.5, 0.6) is 0 Å². The molecule has 1 N–H and O–H groups in total. The van der Waals surface area contributed by atoms with Crippen LogP contribution in [0.2, 0.25) is 0 Å². The first-order chi connectivity index (χ1) is 8.68. The molecule has 98 valence electrons. The van der Waals surface area contributed by atoms with Gasteiger partial charge in [-0.05, 0) is 32.6 Å². The van der Waals surface area contributed by atoms with Crippen LogP contribution in [0.4, 0.5) is 0 Å². The number of nitrogens with one attached hydrogen (secondary N) is 1. The molecule has 0 aliphatic carbocycles. The maximum absolute atomic E-state index is 12.2. The quantitative estimate of drug-likeness (QED) is 0.845. The number of carbonyl (C=O) groups is 1.